The average Bonchev–Trinajstić information content (AvgIpc) is 2.41. The molecule has 0 saturated carbocycles. The van der Waals surface area contributed by atoms with Gasteiger partial charge in [0, 0.05) is 31.6 Å². The topological polar surface area (TPSA) is 32.3 Å². The standard InChI is InChI=1S/C15H21FN2O.ClH/c1-11(9-13-5-3-4-6-14(13)16)15(19)18-8-7-17-10-12(18)2;/h3-6,11-12,17H,7-10H2,1-2H3;1H/t11?,12-;/m0./s1. The van der Waals surface area contributed by atoms with Gasteiger partial charge in [-0.05, 0) is 25.0 Å². The Labute approximate surface area is 125 Å². The summed E-state index contributed by atoms with van der Waals surface area (Å²) in [5, 5.41) is 3.26. The Morgan fingerprint density at radius 3 is 2.85 bits per heavy atom. The van der Waals surface area contributed by atoms with Gasteiger partial charge >= 0.3 is 0 Å². The lowest BCUT2D eigenvalue weighted by atomic mass is 9.98. The lowest BCUT2D eigenvalue weighted by Gasteiger charge is -2.35. The van der Waals surface area contributed by atoms with Crippen LogP contribution in [0.4, 0.5) is 4.39 Å². The number of halogens is 2. The first-order valence-electron chi connectivity index (χ1n) is 6.84. The molecule has 5 heteroatoms. The molecule has 0 radical (unpaired) electrons. The monoisotopic (exact) mass is 300 g/mol. The van der Waals surface area contributed by atoms with Gasteiger partial charge in [0.25, 0.3) is 0 Å². The summed E-state index contributed by atoms with van der Waals surface area (Å²) in [5.41, 5.74) is 0.617. The van der Waals surface area contributed by atoms with Gasteiger partial charge in [-0.3, -0.25) is 4.79 Å². The quantitative estimate of drug-likeness (QED) is 0.928. The maximum atomic E-state index is 13.6. The molecule has 1 saturated heterocycles. The molecule has 1 amide bonds. The average molecular weight is 301 g/mol. The van der Waals surface area contributed by atoms with Crippen LogP contribution in [0.2, 0.25) is 0 Å². The minimum Gasteiger partial charge on any atom is -0.337 e. The number of benzene rings is 1. The second-order valence-electron chi connectivity index (χ2n) is 5.28. The molecule has 1 aliphatic rings. The predicted molar refractivity (Wildman–Crippen MR) is 80.6 cm³/mol. The molecule has 1 aromatic carbocycles. The van der Waals surface area contributed by atoms with Crippen molar-refractivity contribution in [2.75, 3.05) is 19.6 Å². The van der Waals surface area contributed by atoms with Gasteiger partial charge in [-0.2, -0.15) is 0 Å². The second kappa shape index (κ2) is 7.60. The Kier molecular flexibility index (Phi) is 6.43. The van der Waals surface area contributed by atoms with Crippen LogP contribution in [0.5, 0.6) is 0 Å². The molecule has 2 rings (SSSR count). The first-order valence-corrected chi connectivity index (χ1v) is 6.84. The molecule has 1 fully saturated rings. The van der Waals surface area contributed by atoms with E-state index < -0.39 is 0 Å². The molecule has 1 heterocycles. The van der Waals surface area contributed by atoms with Crippen LogP contribution in [0, 0.1) is 11.7 Å². The third kappa shape index (κ3) is 3.93. The van der Waals surface area contributed by atoms with Gasteiger partial charge in [-0.25, -0.2) is 4.39 Å². The summed E-state index contributed by atoms with van der Waals surface area (Å²) in [6.45, 7) is 6.33. The molecule has 1 N–H and O–H groups in total. The molecule has 0 aromatic heterocycles. The van der Waals surface area contributed by atoms with E-state index in [9.17, 15) is 9.18 Å². The molecule has 112 valence electrons. The highest BCUT2D eigenvalue weighted by Crippen LogP contribution is 2.16. The molecular weight excluding hydrogens is 279 g/mol. The van der Waals surface area contributed by atoms with Crippen molar-refractivity contribution in [2.45, 2.75) is 26.3 Å². The number of piperazine rings is 1. The highest BCUT2D eigenvalue weighted by atomic mass is 35.5. The van der Waals surface area contributed by atoms with E-state index in [1.807, 2.05) is 24.8 Å². The zero-order valence-corrected chi connectivity index (χ0v) is 12.8. The predicted octanol–water partition coefficient (Wildman–Crippen LogP) is 2.25. The van der Waals surface area contributed by atoms with Crippen LogP contribution in [0.1, 0.15) is 19.4 Å². The minimum atomic E-state index is -0.226. The minimum absolute atomic E-state index is 0. The Balaban J connectivity index is 0.00000200. The lowest BCUT2D eigenvalue weighted by molar-refractivity contribution is -0.137. The van der Waals surface area contributed by atoms with Gasteiger partial charge in [0.05, 0.1) is 0 Å². The van der Waals surface area contributed by atoms with E-state index in [0.29, 0.717) is 12.0 Å². The summed E-state index contributed by atoms with van der Waals surface area (Å²) in [4.78, 5) is 14.3. The number of carbonyl (C=O) groups is 1. The van der Waals surface area contributed by atoms with E-state index >= 15 is 0 Å². The number of hydrogen-bond donors (Lipinski definition) is 1. The van der Waals surface area contributed by atoms with Crippen molar-refractivity contribution >= 4 is 18.3 Å². The van der Waals surface area contributed by atoms with Crippen LogP contribution < -0.4 is 5.32 Å². The van der Waals surface area contributed by atoms with Crippen LogP contribution in [-0.4, -0.2) is 36.5 Å². The van der Waals surface area contributed by atoms with E-state index in [4.69, 9.17) is 0 Å². The fourth-order valence-electron chi connectivity index (χ4n) is 2.53. The molecule has 3 nitrogen and oxygen atoms in total. The smallest absolute Gasteiger partial charge is 0.226 e. The second-order valence-corrected chi connectivity index (χ2v) is 5.28. The maximum Gasteiger partial charge on any atom is 0.226 e. The van der Waals surface area contributed by atoms with E-state index in [1.54, 1.807) is 12.1 Å². The number of hydrogen-bond acceptors (Lipinski definition) is 2. The summed E-state index contributed by atoms with van der Waals surface area (Å²) in [7, 11) is 0. The highest BCUT2D eigenvalue weighted by molar-refractivity contribution is 5.85. The number of carbonyl (C=O) groups excluding carboxylic acids is 1. The maximum absolute atomic E-state index is 13.6. The first-order chi connectivity index (χ1) is 9.09. The summed E-state index contributed by atoms with van der Waals surface area (Å²) in [6, 6.07) is 6.89. The molecule has 0 aliphatic carbocycles. The Morgan fingerprint density at radius 1 is 1.50 bits per heavy atom. The largest absolute Gasteiger partial charge is 0.337 e. The molecule has 1 aromatic rings. The van der Waals surface area contributed by atoms with Crippen LogP contribution in [0.3, 0.4) is 0 Å². The SMILES string of the molecule is CC(Cc1ccccc1F)C(=O)N1CCNC[C@@H]1C.Cl. The van der Waals surface area contributed by atoms with Crippen molar-refractivity contribution in [1.82, 2.24) is 10.2 Å². The summed E-state index contributed by atoms with van der Waals surface area (Å²) < 4.78 is 13.6. The van der Waals surface area contributed by atoms with Crippen molar-refractivity contribution in [3.63, 3.8) is 0 Å². The van der Waals surface area contributed by atoms with Gasteiger partial charge in [0.15, 0.2) is 0 Å². The molecule has 20 heavy (non-hydrogen) atoms. The Bertz CT molecular complexity index is 455. The molecule has 2 atom stereocenters. The van der Waals surface area contributed by atoms with Crippen LogP contribution in [0.25, 0.3) is 0 Å². The molecule has 0 spiro atoms. The molecule has 0 bridgehead atoms. The zero-order chi connectivity index (χ0) is 13.8. The number of amides is 1. The van der Waals surface area contributed by atoms with Crippen molar-refractivity contribution in [1.29, 1.82) is 0 Å². The summed E-state index contributed by atoms with van der Waals surface area (Å²) in [6.07, 6.45) is 0.460. The fourth-order valence-corrected chi connectivity index (χ4v) is 2.53. The molecule has 1 unspecified atom stereocenters. The van der Waals surface area contributed by atoms with Crippen molar-refractivity contribution in [2.24, 2.45) is 5.92 Å². The van der Waals surface area contributed by atoms with Gasteiger partial charge in [-0.1, -0.05) is 25.1 Å². The van der Waals surface area contributed by atoms with Gasteiger partial charge in [0.2, 0.25) is 5.91 Å². The zero-order valence-electron chi connectivity index (χ0n) is 11.9. The summed E-state index contributed by atoms with van der Waals surface area (Å²) in [5.74, 6) is -0.287. The Morgan fingerprint density at radius 2 is 2.20 bits per heavy atom. The van der Waals surface area contributed by atoms with Crippen molar-refractivity contribution in [3.8, 4) is 0 Å². The molecule has 1 aliphatic heterocycles. The fraction of sp³-hybridized carbons (Fsp3) is 0.533. The van der Waals surface area contributed by atoms with Gasteiger partial charge in [0.1, 0.15) is 5.82 Å². The van der Waals surface area contributed by atoms with Gasteiger partial charge in [-0.15, -0.1) is 12.4 Å². The number of nitrogens with one attached hydrogen (secondary N) is 1. The van der Waals surface area contributed by atoms with Crippen LogP contribution >= 0.6 is 12.4 Å². The Hall–Kier alpha value is -1.13. The third-order valence-electron chi connectivity index (χ3n) is 3.69. The number of nitrogens with zero attached hydrogens (tertiary/aromatic N) is 1. The number of rotatable bonds is 3. The van der Waals surface area contributed by atoms with E-state index in [2.05, 4.69) is 5.32 Å². The molecular formula is C15H22ClFN2O. The van der Waals surface area contributed by atoms with E-state index in [0.717, 1.165) is 19.6 Å². The lowest BCUT2D eigenvalue weighted by Crippen LogP contribution is -2.53. The highest BCUT2D eigenvalue weighted by Gasteiger charge is 2.27. The van der Waals surface area contributed by atoms with Crippen molar-refractivity contribution < 1.29 is 9.18 Å². The van der Waals surface area contributed by atoms with Gasteiger partial charge < -0.3 is 10.2 Å². The third-order valence-corrected chi connectivity index (χ3v) is 3.69. The van der Waals surface area contributed by atoms with Crippen LogP contribution in [-0.2, 0) is 11.2 Å². The van der Waals surface area contributed by atoms with Crippen LogP contribution in [0.15, 0.2) is 24.3 Å². The summed E-state index contributed by atoms with van der Waals surface area (Å²) >= 11 is 0. The van der Waals surface area contributed by atoms with E-state index in [1.165, 1.54) is 6.07 Å². The normalized spacial score (nSPS) is 20.1. The first kappa shape index (κ1) is 16.9. The van der Waals surface area contributed by atoms with Crippen molar-refractivity contribution in [3.05, 3.63) is 35.6 Å². The van der Waals surface area contributed by atoms with E-state index in [-0.39, 0.29) is 36.1 Å².